The molecule has 2 heterocycles. The van der Waals surface area contributed by atoms with E-state index < -0.39 is 0 Å². The van der Waals surface area contributed by atoms with E-state index in [1.807, 2.05) is 0 Å². The molecule has 15 heavy (non-hydrogen) atoms. The van der Waals surface area contributed by atoms with Crippen LogP contribution >= 0.6 is 15.9 Å². The Bertz CT molecular complexity index is 538. The van der Waals surface area contributed by atoms with Crippen molar-refractivity contribution < 1.29 is 9.30 Å². The molecule has 0 spiro atoms. The minimum absolute atomic E-state index is 0.248. The van der Waals surface area contributed by atoms with Gasteiger partial charge >= 0.3 is 5.88 Å². The quantitative estimate of drug-likeness (QED) is 0.527. The fourth-order valence-electron chi connectivity index (χ4n) is 2.10. The summed E-state index contributed by atoms with van der Waals surface area (Å²) in [6.07, 6.45) is 0. The topological polar surface area (TPSA) is 13.1 Å². The standard InChI is InChI=1S/C12H11BrNO/c1-8-6-12-14(11(13)7-15-12)10-5-3-2-4-9(8)10/h2-6,11H,7H2,1H3/q+1. The first-order chi connectivity index (χ1) is 7.27. The van der Waals surface area contributed by atoms with Gasteiger partial charge in [-0.15, -0.1) is 4.57 Å². The van der Waals surface area contributed by atoms with Crippen LogP contribution in [0.5, 0.6) is 5.88 Å². The summed E-state index contributed by atoms with van der Waals surface area (Å²) in [6.45, 7) is 2.82. The molecule has 0 fully saturated rings. The van der Waals surface area contributed by atoms with Gasteiger partial charge in [0.05, 0.1) is 6.07 Å². The number of hydrogen-bond acceptors (Lipinski definition) is 1. The Balaban J connectivity index is 2.45. The number of fused-ring (bicyclic) bond motifs is 3. The van der Waals surface area contributed by atoms with Crippen LogP contribution in [-0.2, 0) is 0 Å². The summed E-state index contributed by atoms with van der Waals surface area (Å²) >= 11 is 3.62. The van der Waals surface area contributed by atoms with Crippen LogP contribution in [0.25, 0.3) is 10.9 Å². The highest BCUT2D eigenvalue weighted by Gasteiger charge is 2.32. The van der Waals surface area contributed by atoms with Crippen LogP contribution in [0, 0.1) is 6.92 Å². The van der Waals surface area contributed by atoms with Gasteiger partial charge in [0.1, 0.15) is 0 Å². The molecule has 0 N–H and O–H groups in total. The van der Waals surface area contributed by atoms with E-state index in [4.69, 9.17) is 4.74 Å². The summed E-state index contributed by atoms with van der Waals surface area (Å²) in [5, 5.41) is 1.29. The highest BCUT2D eigenvalue weighted by molar-refractivity contribution is 9.09. The summed E-state index contributed by atoms with van der Waals surface area (Å²) < 4.78 is 7.81. The number of nitrogens with zero attached hydrogens (tertiary/aromatic N) is 1. The molecule has 1 atom stereocenters. The average Bonchev–Trinajstić information content (AvgIpc) is 2.61. The van der Waals surface area contributed by atoms with E-state index >= 15 is 0 Å². The van der Waals surface area contributed by atoms with Crippen molar-refractivity contribution in [3.05, 3.63) is 35.9 Å². The minimum atomic E-state index is 0.248. The van der Waals surface area contributed by atoms with Crippen LogP contribution < -0.4 is 9.30 Å². The number of aryl methyl sites for hydroxylation is 1. The summed E-state index contributed by atoms with van der Waals surface area (Å²) in [5.41, 5.74) is 2.49. The highest BCUT2D eigenvalue weighted by atomic mass is 79.9. The number of pyridine rings is 1. The smallest absolute Gasteiger partial charge is 0.369 e. The Kier molecular flexibility index (Phi) is 1.96. The van der Waals surface area contributed by atoms with Gasteiger partial charge in [0.2, 0.25) is 10.5 Å². The lowest BCUT2D eigenvalue weighted by Crippen LogP contribution is -2.33. The first-order valence-electron chi connectivity index (χ1n) is 4.98. The van der Waals surface area contributed by atoms with Gasteiger partial charge in [-0.05, 0) is 34.5 Å². The Hall–Kier alpha value is -1.09. The van der Waals surface area contributed by atoms with Crippen molar-refractivity contribution >= 4 is 26.8 Å². The maximum absolute atomic E-state index is 5.62. The molecular formula is C12H11BrNO+. The predicted octanol–water partition coefficient (Wildman–Crippen LogP) is 2.72. The zero-order valence-electron chi connectivity index (χ0n) is 8.40. The summed E-state index contributed by atoms with van der Waals surface area (Å²) in [7, 11) is 0. The number of benzene rings is 1. The second kappa shape index (κ2) is 3.20. The Labute approximate surface area is 96.6 Å². The number of alkyl halides is 1. The molecule has 0 saturated heterocycles. The van der Waals surface area contributed by atoms with Gasteiger partial charge in [-0.1, -0.05) is 12.1 Å². The molecule has 1 aliphatic heterocycles. The lowest BCUT2D eigenvalue weighted by molar-refractivity contribution is -0.654. The van der Waals surface area contributed by atoms with E-state index in [1.165, 1.54) is 16.5 Å². The summed E-state index contributed by atoms with van der Waals surface area (Å²) in [6, 6.07) is 10.5. The van der Waals surface area contributed by atoms with E-state index in [9.17, 15) is 0 Å². The number of para-hydroxylation sites is 1. The zero-order chi connectivity index (χ0) is 10.4. The molecule has 1 unspecified atom stereocenters. The maximum Gasteiger partial charge on any atom is 0.369 e. The number of ether oxygens (including phenoxy) is 1. The van der Waals surface area contributed by atoms with Crippen LogP contribution in [0.2, 0.25) is 0 Å². The molecule has 0 bridgehead atoms. The van der Waals surface area contributed by atoms with Gasteiger partial charge in [0.15, 0.2) is 6.61 Å². The van der Waals surface area contributed by atoms with Crippen molar-refractivity contribution in [2.45, 2.75) is 11.9 Å². The highest BCUT2D eigenvalue weighted by Crippen LogP contribution is 2.27. The molecule has 0 amide bonds. The van der Waals surface area contributed by atoms with Crippen molar-refractivity contribution in [3.8, 4) is 5.88 Å². The van der Waals surface area contributed by atoms with Crippen molar-refractivity contribution in [2.75, 3.05) is 6.61 Å². The first kappa shape index (κ1) is 9.16. The summed E-state index contributed by atoms with van der Waals surface area (Å²) in [4.78, 5) is 0.248. The molecule has 1 aromatic carbocycles. The van der Waals surface area contributed by atoms with Gasteiger partial charge in [0, 0.05) is 11.5 Å². The van der Waals surface area contributed by atoms with Gasteiger partial charge < -0.3 is 4.74 Å². The monoisotopic (exact) mass is 264 g/mol. The number of rotatable bonds is 0. The molecule has 0 saturated carbocycles. The molecule has 2 nitrogen and oxygen atoms in total. The van der Waals surface area contributed by atoms with Crippen LogP contribution in [0.15, 0.2) is 30.3 Å². The van der Waals surface area contributed by atoms with Crippen molar-refractivity contribution in [1.29, 1.82) is 0 Å². The molecule has 2 aromatic rings. The first-order valence-corrected chi connectivity index (χ1v) is 5.90. The van der Waals surface area contributed by atoms with E-state index in [2.05, 4.69) is 57.8 Å². The average molecular weight is 265 g/mol. The third kappa shape index (κ3) is 1.26. The van der Waals surface area contributed by atoms with Crippen LogP contribution in [0.3, 0.4) is 0 Å². The molecule has 3 heteroatoms. The van der Waals surface area contributed by atoms with Gasteiger partial charge in [-0.2, -0.15) is 0 Å². The van der Waals surface area contributed by atoms with Gasteiger partial charge in [-0.25, -0.2) is 0 Å². The number of aromatic nitrogens is 1. The van der Waals surface area contributed by atoms with Gasteiger partial charge in [0.25, 0.3) is 0 Å². The maximum atomic E-state index is 5.62. The SMILES string of the molecule is Cc1cc2[n+](c3ccccc13)C(Br)CO2. The van der Waals surface area contributed by atoms with Crippen LogP contribution in [0.1, 0.15) is 10.5 Å². The van der Waals surface area contributed by atoms with Crippen molar-refractivity contribution in [3.63, 3.8) is 0 Å². The second-order valence-corrected chi connectivity index (χ2v) is 4.86. The Morgan fingerprint density at radius 3 is 3.07 bits per heavy atom. The molecule has 76 valence electrons. The van der Waals surface area contributed by atoms with E-state index in [0.717, 1.165) is 5.88 Å². The molecule has 0 aliphatic carbocycles. The second-order valence-electron chi connectivity index (χ2n) is 3.80. The number of hydrogen-bond donors (Lipinski definition) is 0. The third-order valence-electron chi connectivity index (χ3n) is 2.81. The fraction of sp³-hybridized carbons (Fsp3) is 0.250. The lowest BCUT2D eigenvalue weighted by atomic mass is 10.1. The van der Waals surface area contributed by atoms with E-state index in [0.29, 0.717) is 6.61 Å². The van der Waals surface area contributed by atoms with E-state index in [-0.39, 0.29) is 4.95 Å². The Morgan fingerprint density at radius 2 is 2.20 bits per heavy atom. The third-order valence-corrected chi connectivity index (χ3v) is 3.49. The Morgan fingerprint density at radius 1 is 1.40 bits per heavy atom. The van der Waals surface area contributed by atoms with Crippen LogP contribution in [0.4, 0.5) is 0 Å². The van der Waals surface area contributed by atoms with E-state index in [1.54, 1.807) is 0 Å². The lowest BCUT2D eigenvalue weighted by Gasteiger charge is -2.02. The fourth-order valence-corrected chi connectivity index (χ4v) is 2.65. The van der Waals surface area contributed by atoms with Crippen molar-refractivity contribution in [2.24, 2.45) is 0 Å². The minimum Gasteiger partial charge on any atom is -0.436 e. The molecule has 1 aromatic heterocycles. The molecular weight excluding hydrogens is 254 g/mol. The van der Waals surface area contributed by atoms with Crippen molar-refractivity contribution in [1.82, 2.24) is 0 Å². The summed E-state index contributed by atoms with van der Waals surface area (Å²) in [5.74, 6) is 0.952. The molecule has 0 radical (unpaired) electrons. The van der Waals surface area contributed by atoms with Gasteiger partial charge in [-0.3, -0.25) is 0 Å². The van der Waals surface area contributed by atoms with Crippen LogP contribution in [-0.4, -0.2) is 6.61 Å². The zero-order valence-corrected chi connectivity index (χ0v) is 9.99. The number of halogens is 1. The largest absolute Gasteiger partial charge is 0.436 e. The molecule has 3 rings (SSSR count). The predicted molar refractivity (Wildman–Crippen MR) is 62.3 cm³/mol. The normalized spacial score (nSPS) is 18.9. The molecule has 1 aliphatic rings.